The van der Waals surface area contributed by atoms with Gasteiger partial charge < -0.3 is 5.32 Å². The van der Waals surface area contributed by atoms with Crippen molar-refractivity contribution in [2.75, 3.05) is 6.54 Å². The topological polar surface area (TPSA) is 29.9 Å². The Morgan fingerprint density at radius 1 is 1.15 bits per heavy atom. The third-order valence-electron chi connectivity index (χ3n) is 3.38. The second-order valence-electron chi connectivity index (χ2n) is 5.64. The highest BCUT2D eigenvalue weighted by Crippen LogP contribution is 2.23. The van der Waals surface area contributed by atoms with Gasteiger partial charge in [-0.1, -0.05) is 39.0 Å². The monoisotopic (exact) mass is 271 g/mol. The maximum atomic E-state index is 4.50. The molecule has 1 unspecified atom stereocenters. The molecule has 0 aliphatic carbocycles. The lowest BCUT2D eigenvalue weighted by molar-refractivity contribution is 0.416. The van der Waals surface area contributed by atoms with Crippen molar-refractivity contribution in [1.82, 2.24) is 15.1 Å². The lowest BCUT2D eigenvalue weighted by Gasteiger charge is -2.21. The van der Waals surface area contributed by atoms with E-state index in [2.05, 4.69) is 66.2 Å². The molecule has 0 fully saturated rings. The minimum absolute atomic E-state index is 0.359. The van der Waals surface area contributed by atoms with Crippen LogP contribution in [0.25, 0.3) is 5.69 Å². The summed E-state index contributed by atoms with van der Waals surface area (Å²) < 4.78 is 2.05. The largest absolute Gasteiger partial charge is 0.309 e. The van der Waals surface area contributed by atoms with Crippen LogP contribution in [0.1, 0.15) is 45.3 Å². The maximum Gasteiger partial charge on any atom is 0.0649 e. The number of aromatic nitrogens is 2. The minimum atomic E-state index is 0.359. The van der Waals surface area contributed by atoms with Gasteiger partial charge in [-0.15, -0.1) is 0 Å². The second kappa shape index (κ2) is 7.25. The van der Waals surface area contributed by atoms with E-state index in [1.165, 1.54) is 5.69 Å². The highest BCUT2D eigenvalue weighted by molar-refractivity contribution is 5.33. The van der Waals surface area contributed by atoms with Gasteiger partial charge in [0.15, 0.2) is 0 Å². The van der Waals surface area contributed by atoms with Crippen LogP contribution in [0.2, 0.25) is 0 Å². The normalized spacial score (nSPS) is 12.8. The number of para-hydroxylation sites is 1. The highest BCUT2D eigenvalue weighted by Gasteiger charge is 2.17. The van der Waals surface area contributed by atoms with E-state index in [4.69, 9.17) is 0 Å². The summed E-state index contributed by atoms with van der Waals surface area (Å²) in [6, 6.07) is 12.8. The Bertz CT molecular complexity index is 502. The van der Waals surface area contributed by atoms with Crippen LogP contribution in [-0.2, 0) is 0 Å². The van der Waals surface area contributed by atoms with Crippen LogP contribution in [-0.4, -0.2) is 16.3 Å². The fraction of sp³-hybridized carbons (Fsp3) is 0.471. The van der Waals surface area contributed by atoms with E-state index in [1.807, 2.05) is 12.3 Å². The van der Waals surface area contributed by atoms with Crippen molar-refractivity contribution in [3.63, 3.8) is 0 Å². The van der Waals surface area contributed by atoms with Gasteiger partial charge in [-0.2, -0.15) is 5.10 Å². The molecular weight excluding hydrogens is 246 g/mol. The van der Waals surface area contributed by atoms with Crippen molar-refractivity contribution in [2.45, 2.75) is 39.7 Å². The van der Waals surface area contributed by atoms with Crippen LogP contribution < -0.4 is 5.32 Å². The van der Waals surface area contributed by atoms with Crippen molar-refractivity contribution < 1.29 is 0 Å². The molecule has 3 heteroatoms. The molecular formula is C17H25N3. The van der Waals surface area contributed by atoms with Gasteiger partial charge in [0.1, 0.15) is 0 Å². The number of hydrogen-bond acceptors (Lipinski definition) is 2. The smallest absolute Gasteiger partial charge is 0.0649 e. The molecule has 0 radical (unpaired) electrons. The third kappa shape index (κ3) is 3.70. The number of rotatable bonds is 7. The van der Waals surface area contributed by atoms with Gasteiger partial charge in [-0.25, -0.2) is 4.68 Å². The van der Waals surface area contributed by atoms with Crippen molar-refractivity contribution in [3.8, 4) is 5.69 Å². The fourth-order valence-corrected chi connectivity index (χ4v) is 2.46. The SMILES string of the molecule is CCCNC(CC(C)C)c1ccnn1-c1ccccc1. The number of hydrogen-bond donors (Lipinski definition) is 1. The van der Waals surface area contributed by atoms with Crippen LogP contribution in [0.5, 0.6) is 0 Å². The van der Waals surface area contributed by atoms with E-state index >= 15 is 0 Å². The fourth-order valence-electron chi connectivity index (χ4n) is 2.46. The lowest BCUT2D eigenvalue weighted by Crippen LogP contribution is -2.25. The van der Waals surface area contributed by atoms with Crippen LogP contribution in [0.4, 0.5) is 0 Å². The average Bonchev–Trinajstić information content (AvgIpc) is 2.93. The zero-order valence-corrected chi connectivity index (χ0v) is 12.7. The van der Waals surface area contributed by atoms with Crippen molar-refractivity contribution in [1.29, 1.82) is 0 Å². The second-order valence-corrected chi connectivity index (χ2v) is 5.64. The van der Waals surface area contributed by atoms with Gasteiger partial charge in [0.25, 0.3) is 0 Å². The van der Waals surface area contributed by atoms with Crippen LogP contribution >= 0.6 is 0 Å². The Balaban J connectivity index is 2.27. The first-order valence-electron chi connectivity index (χ1n) is 7.55. The molecule has 1 aromatic heterocycles. The van der Waals surface area contributed by atoms with E-state index in [9.17, 15) is 0 Å². The first-order chi connectivity index (χ1) is 9.72. The molecule has 3 nitrogen and oxygen atoms in total. The van der Waals surface area contributed by atoms with E-state index in [1.54, 1.807) is 0 Å². The molecule has 0 saturated heterocycles. The molecule has 1 aromatic carbocycles. The van der Waals surface area contributed by atoms with E-state index in [0.29, 0.717) is 12.0 Å². The quantitative estimate of drug-likeness (QED) is 0.826. The minimum Gasteiger partial charge on any atom is -0.309 e. The average molecular weight is 271 g/mol. The Kier molecular flexibility index (Phi) is 5.36. The molecule has 1 atom stereocenters. The molecule has 0 aliphatic rings. The van der Waals surface area contributed by atoms with Gasteiger partial charge in [0, 0.05) is 12.2 Å². The molecule has 2 aromatic rings. The Hall–Kier alpha value is -1.61. The third-order valence-corrected chi connectivity index (χ3v) is 3.38. The summed E-state index contributed by atoms with van der Waals surface area (Å²) >= 11 is 0. The highest BCUT2D eigenvalue weighted by atomic mass is 15.3. The van der Waals surface area contributed by atoms with Gasteiger partial charge in [-0.05, 0) is 43.5 Å². The molecule has 0 aliphatic heterocycles. The zero-order valence-electron chi connectivity index (χ0n) is 12.7. The number of nitrogens with zero attached hydrogens (tertiary/aromatic N) is 2. The molecule has 1 heterocycles. The summed E-state index contributed by atoms with van der Waals surface area (Å²) in [5, 5.41) is 8.15. The molecule has 0 amide bonds. The Labute approximate surface area is 122 Å². The van der Waals surface area contributed by atoms with Gasteiger partial charge >= 0.3 is 0 Å². The van der Waals surface area contributed by atoms with Crippen molar-refractivity contribution >= 4 is 0 Å². The van der Waals surface area contributed by atoms with Crippen LogP contribution in [0.15, 0.2) is 42.6 Å². The zero-order chi connectivity index (χ0) is 14.4. The van der Waals surface area contributed by atoms with Crippen LogP contribution in [0.3, 0.4) is 0 Å². The molecule has 1 N–H and O–H groups in total. The first-order valence-corrected chi connectivity index (χ1v) is 7.55. The Morgan fingerprint density at radius 2 is 1.90 bits per heavy atom. The van der Waals surface area contributed by atoms with Gasteiger partial charge in [-0.3, -0.25) is 0 Å². The summed E-state index contributed by atoms with van der Waals surface area (Å²) in [5.74, 6) is 0.656. The Morgan fingerprint density at radius 3 is 2.55 bits per heavy atom. The number of nitrogens with one attached hydrogen (secondary N) is 1. The van der Waals surface area contributed by atoms with Crippen LogP contribution in [0, 0.1) is 5.92 Å². The predicted molar refractivity (Wildman–Crippen MR) is 84.1 cm³/mol. The number of benzene rings is 1. The lowest BCUT2D eigenvalue weighted by atomic mass is 10.0. The van der Waals surface area contributed by atoms with E-state index in [-0.39, 0.29) is 0 Å². The van der Waals surface area contributed by atoms with Gasteiger partial charge in [0.2, 0.25) is 0 Å². The summed E-state index contributed by atoms with van der Waals surface area (Å²) in [6.07, 6.45) is 4.16. The standard InChI is InChI=1S/C17H25N3/c1-4-11-18-16(13-14(2)3)17-10-12-19-20(17)15-8-6-5-7-9-15/h5-10,12,14,16,18H,4,11,13H2,1-3H3. The van der Waals surface area contributed by atoms with E-state index < -0.39 is 0 Å². The maximum absolute atomic E-state index is 4.50. The predicted octanol–water partition coefficient (Wildman–Crippen LogP) is 3.96. The molecule has 0 saturated carbocycles. The summed E-state index contributed by atoms with van der Waals surface area (Å²) in [7, 11) is 0. The van der Waals surface area contributed by atoms with Crippen molar-refractivity contribution in [3.05, 3.63) is 48.3 Å². The van der Waals surface area contributed by atoms with Crippen molar-refractivity contribution in [2.24, 2.45) is 5.92 Å². The molecule has 20 heavy (non-hydrogen) atoms. The summed E-state index contributed by atoms with van der Waals surface area (Å²) in [6.45, 7) is 7.78. The molecule has 0 bridgehead atoms. The molecule has 2 rings (SSSR count). The first kappa shape index (κ1) is 14.8. The molecule has 0 spiro atoms. The summed E-state index contributed by atoms with van der Waals surface area (Å²) in [4.78, 5) is 0. The summed E-state index contributed by atoms with van der Waals surface area (Å²) in [5.41, 5.74) is 2.37. The van der Waals surface area contributed by atoms with Gasteiger partial charge in [0.05, 0.1) is 11.4 Å². The molecule has 108 valence electrons. The van der Waals surface area contributed by atoms with E-state index in [0.717, 1.165) is 25.1 Å².